The summed E-state index contributed by atoms with van der Waals surface area (Å²) in [4.78, 5) is 12.3. The Morgan fingerprint density at radius 2 is 1.96 bits per heavy atom. The van der Waals surface area contributed by atoms with E-state index in [9.17, 15) is 0 Å². The maximum absolute atomic E-state index is 4.94. The molecule has 0 radical (unpaired) electrons. The van der Waals surface area contributed by atoms with Crippen LogP contribution in [0.5, 0.6) is 0 Å². The molecule has 0 spiro atoms. The third kappa shape index (κ3) is 2.51. The lowest BCUT2D eigenvalue weighted by Gasteiger charge is -2.23. The van der Waals surface area contributed by atoms with Gasteiger partial charge in [0.1, 0.15) is 11.5 Å². The second kappa shape index (κ2) is 5.95. The van der Waals surface area contributed by atoms with Crippen LogP contribution in [0.3, 0.4) is 0 Å². The predicted molar refractivity (Wildman–Crippen MR) is 103 cm³/mol. The first-order valence-electron chi connectivity index (χ1n) is 9.29. The number of para-hydroxylation sites is 2. The van der Waals surface area contributed by atoms with Gasteiger partial charge in [0.25, 0.3) is 0 Å². The summed E-state index contributed by atoms with van der Waals surface area (Å²) in [5.74, 6) is 1.17. The van der Waals surface area contributed by atoms with Crippen molar-refractivity contribution in [3.8, 4) is 0 Å². The molecule has 0 amide bonds. The molecule has 5 rings (SSSR count). The monoisotopic (exact) mass is 345 g/mol. The van der Waals surface area contributed by atoms with Gasteiger partial charge in [0.05, 0.1) is 22.8 Å². The van der Waals surface area contributed by atoms with Crippen LogP contribution in [0.2, 0.25) is 0 Å². The Labute approximate surface area is 152 Å². The molecule has 0 N–H and O–H groups in total. The predicted octanol–water partition coefficient (Wildman–Crippen LogP) is 3.87. The Morgan fingerprint density at radius 1 is 1.08 bits per heavy atom. The number of pyridine rings is 1. The molecule has 1 atom stereocenters. The van der Waals surface area contributed by atoms with Crippen molar-refractivity contribution in [3.63, 3.8) is 0 Å². The molecule has 26 heavy (non-hydrogen) atoms. The van der Waals surface area contributed by atoms with Crippen molar-refractivity contribution >= 4 is 16.7 Å². The van der Waals surface area contributed by atoms with Gasteiger partial charge in [0.2, 0.25) is 0 Å². The van der Waals surface area contributed by atoms with E-state index in [2.05, 4.69) is 76.6 Å². The van der Waals surface area contributed by atoms with E-state index in [0.29, 0.717) is 6.04 Å². The molecule has 132 valence electrons. The normalized spacial score (nSPS) is 18.3. The van der Waals surface area contributed by atoms with Crippen LogP contribution < -0.4 is 0 Å². The number of hydrogen-bond donors (Lipinski definition) is 0. The van der Waals surface area contributed by atoms with Crippen LogP contribution in [0.25, 0.3) is 16.7 Å². The Morgan fingerprint density at radius 3 is 2.85 bits per heavy atom. The molecule has 1 fully saturated rings. The molecule has 4 aromatic rings. The molecule has 4 heterocycles. The average Bonchev–Trinajstić information content (AvgIpc) is 3.33. The molecule has 1 unspecified atom stereocenters. The first-order chi connectivity index (χ1) is 12.7. The van der Waals surface area contributed by atoms with Gasteiger partial charge in [0, 0.05) is 26.0 Å². The SMILES string of the molecule is Cc1ccc2nc(CN3CCCC3c3nc4ccccc4n3C)cn2c1. The van der Waals surface area contributed by atoms with Gasteiger partial charge in [-0.05, 0) is 50.1 Å². The number of aryl methyl sites for hydroxylation is 2. The lowest BCUT2D eigenvalue weighted by molar-refractivity contribution is 0.235. The summed E-state index contributed by atoms with van der Waals surface area (Å²) in [7, 11) is 2.13. The van der Waals surface area contributed by atoms with E-state index in [1.165, 1.54) is 23.3 Å². The number of fused-ring (bicyclic) bond motifs is 2. The topological polar surface area (TPSA) is 38.4 Å². The summed E-state index contributed by atoms with van der Waals surface area (Å²) < 4.78 is 4.39. The van der Waals surface area contributed by atoms with Crippen molar-refractivity contribution in [1.29, 1.82) is 0 Å². The quantitative estimate of drug-likeness (QED) is 0.566. The summed E-state index contributed by atoms with van der Waals surface area (Å²) in [5.41, 5.74) is 5.68. The standard InChI is InChI=1S/C21H23N5/c1-15-9-10-20-22-16(14-26(20)12-15)13-25-11-5-8-19(25)21-23-17-6-3-4-7-18(17)24(21)2/h3-4,6-7,9-10,12,14,19H,5,8,11,13H2,1-2H3. The maximum Gasteiger partial charge on any atom is 0.137 e. The van der Waals surface area contributed by atoms with Gasteiger partial charge in [-0.2, -0.15) is 0 Å². The van der Waals surface area contributed by atoms with Crippen molar-refractivity contribution in [3.05, 3.63) is 65.9 Å². The van der Waals surface area contributed by atoms with Gasteiger partial charge in [0.15, 0.2) is 0 Å². The highest BCUT2D eigenvalue weighted by atomic mass is 15.2. The second-order valence-electron chi connectivity index (χ2n) is 7.35. The molecule has 1 aliphatic rings. The van der Waals surface area contributed by atoms with Gasteiger partial charge in [-0.15, -0.1) is 0 Å². The molecule has 3 aromatic heterocycles. The smallest absolute Gasteiger partial charge is 0.137 e. The van der Waals surface area contributed by atoms with Crippen LogP contribution in [0.15, 0.2) is 48.8 Å². The number of hydrogen-bond acceptors (Lipinski definition) is 3. The maximum atomic E-state index is 4.94. The highest BCUT2D eigenvalue weighted by Gasteiger charge is 2.30. The number of imidazole rings is 2. The van der Waals surface area contributed by atoms with E-state index in [1.54, 1.807) is 0 Å². The molecule has 1 saturated heterocycles. The van der Waals surface area contributed by atoms with E-state index in [4.69, 9.17) is 9.97 Å². The molecule has 5 heteroatoms. The molecular formula is C21H23N5. The highest BCUT2D eigenvalue weighted by molar-refractivity contribution is 5.75. The van der Waals surface area contributed by atoms with Gasteiger partial charge >= 0.3 is 0 Å². The molecule has 1 aliphatic heterocycles. The minimum atomic E-state index is 0.360. The fourth-order valence-electron chi connectivity index (χ4n) is 4.21. The fraction of sp³-hybridized carbons (Fsp3) is 0.333. The minimum Gasteiger partial charge on any atom is -0.330 e. The van der Waals surface area contributed by atoms with Crippen molar-refractivity contribution in [1.82, 2.24) is 23.8 Å². The van der Waals surface area contributed by atoms with E-state index in [0.717, 1.165) is 36.4 Å². The minimum absolute atomic E-state index is 0.360. The largest absolute Gasteiger partial charge is 0.330 e. The zero-order valence-electron chi connectivity index (χ0n) is 15.3. The van der Waals surface area contributed by atoms with E-state index >= 15 is 0 Å². The van der Waals surface area contributed by atoms with Crippen molar-refractivity contribution in [2.75, 3.05) is 6.54 Å². The Hall–Kier alpha value is -2.66. The van der Waals surface area contributed by atoms with Gasteiger partial charge in [-0.1, -0.05) is 18.2 Å². The van der Waals surface area contributed by atoms with Crippen LogP contribution in [-0.4, -0.2) is 30.4 Å². The Balaban J connectivity index is 1.46. The first-order valence-corrected chi connectivity index (χ1v) is 9.29. The van der Waals surface area contributed by atoms with Gasteiger partial charge in [-0.25, -0.2) is 9.97 Å². The number of likely N-dealkylation sites (tertiary alicyclic amines) is 1. The van der Waals surface area contributed by atoms with Crippen molar-refractivity contribution in [2.24, 2.45) is 7.05 Å². The highest BCUT2D eigenvalue weighted by Crippen LogP contribution is 2.33. The van der Waals surface area contributed by atoms with E-state index in [1.807, 2.05) is 0 Å². The van der Waals surface area contributed by atoms with Gasteiger partial charge in [-0.3, -0.25) is 4.90 Å². The number of nitrogens with zero attached hydrogens (tertiary/aromatic N) is 5. The molecule has 5 nitrogen and oxygen atoms in total. The fourth-order valence-corrected chi connectivity index (χ4v) is 4.21. The van der Waals surface area contributed by atoms with Crippen molar-refractivity contribution in [2.45, 2.75) is 32.4 Å². The lowest BCUT2D eigenvalue weighted by Crippen LogP contribution is -2.25. The van der Waals surface area contributed by atoms with E-state index in [-0.39, 0.29) is 0 Å². The number of rotatable bonds is 3. The van der Waals surface area contributed by atoms with Crippen LogP contribution in [0.4, 0.5) is 0 Å². The van der Waals surface area contributed by atoms with Crippen molar-refractivity contribution < 1.29 is 0 Å². The molecule has 0 aliphatic carbocycles. The summed E-state index contributed by atoms with van der Waals surface area (Å²) in [6, 6.07) is 13.0. The third-order valence-electron chi connectivity index (χ3n) is 5.50. The van der Waals surface area contributed by atoms with Crippen LogP contribution in [0, 0.1) is 6.92 Å². The Kier molecular flexibility index (Phi) is 3.57. The molecule has 1 aromatic carbocycles. The van der Waals surface area contributed by atoms with Crippen LogP contribution in [0.1, 0.15) is 36.0 Å². The number of aromatic nitrogens is 4. The van der Waals surface area contributed by atoms with Gasteiger partial charge < -0.3 is 8.97 Å². The average molecular weight is 345 g/mol. The summed E-state index contributed by atoms with van der Waals surface area (Å²) >= 11 is 0. The van der Waals surface area contributed by atoms with Crippen LogP contribution >= 0.6 is 0 Å². The molecule has 0 saturated carbocycles. The zero-order chi connectivity index (χ0) is 17.7. The van der Waals surface area contributed by atoms with E-state index < -0.39 is 0 Å². The first kappa shape index (κ1) is 15.6. The molecular weight excluding hydrogens is 322 g/mol. The lowest BCUT2D eigenvalue weighted by atomic mass is 10.2. The summed E-state index contributed by atoms with van der Waals surface area (Å²) in [6.07, 6.45) is 6.66. The Bertz CT molecular complexity index is 1090. The summed E-state index contributed by atoms with van der Waals surface area (Å²) in [6.45, 7) is 4.08. The molecule has 0 bridgehead atoms. The summed E-state index contributed by atoms with van der Waals surface area (Å²) in [5, 5.41) is 0. The second-order valence-corrected chi connectivity index (χ2v) is 7.35. The van der Waals surface area contributed by atoms with Crippen LogP contribution in [-0.2, 0) is 13.6 Å². The number of benzene rings is 1. The third-order valence-corrected chi connectivity index (χ3v) is 5.50. The zero-order valence-corrected chi connectivity index (χ0v) is 15.3.